The number of aromatic nitrogens is 8. The molecule has 1 N–H and O–H groups in total. The Hall–Kier alpha value is -4.48. The predicted octanol–water partition coefficient (Wildman–Crippen LogP) is 3.02. The van der Waals surface area contributed by atoms with E-state index in [1.807, 2.05) is 27.7 Å². The molecule has 0 unspecified atom stereocenters. The third kappa shape index (κ3) is 5.77. The van der Waals surface area contributed by atoms with Gasteiger partial charge in [0.25, 0.3) is 0 Å². The zero-order valence-electron chi connectivity index (χ0n) is 21.2. The summed E-state index contributed by atoms with van der Waals surface area (Å²) in [4.78, 5) is 39.8. The molecule has 0 fully saturated rings. The van der Waals surface area contributed by atoms with Crippen LogP contribution in [0.4, 0.5) is 0 Å². The van der Waals surface area contributed by atoms with Crippen LogP contribution in [0.2, 0.25) is 0 Å². The standard InChI is InChI=1S/C14H18N4O2.C10H10N4O2/c1-9-10(12-15-7-6-8-16-12)11(17-18(9)5)13(19)20-14(2,3)4;1-6-7(9-11-4-3-5-12-9)8(10(15)16)13-14(6)2/h6-8H,1-5H3;3-5H,1-2H3,(H,15,16). The van der Waals surface area contributed by atoms with E-state index in [1.54, 1.807) is 62.6 Å². The number of ether oxygens (including phenoxy) is 1. The number of nitrogens with zero attached hydrogens (tertiary/aromatic N) is 8. The number of carbonyl (C=O) groups excluding carboxylic acids is 1. The molecule has 0 atom stereocenters. The van der Waals surface area contributed by atoms with Crippen LogP contribution in [0, 0.1) is 13.8 Å². The number of aromatic carboxylic acids is 1. The number of carboxylic acids is 1. The Labute approximate surface area is 208 Å². The van der Waals surface area contributed by atoms with Crippen LogP contribution in [0.1, 0.15) is 53.1 Å². The van der Waals surface area contributed by atoms with Crippen LogP contribution >= 0.6 is 0 Å². The van der Waals surface area contributed by atoms with Crippen LogP contribution in [0.3, 0.4) is 0 Å². The second-order valence-corrected chi connectivity index (χ2v) is 8.82. The Morgan fingerprint density at radius 1 is 0.778 bits per heavy atom. The molecule has 0 aromatic carbocycles. The van der Waals surface area contributed by atoms with Gasteiger partial charge in [0.15, 0.2) is 23.0 Å². The fourth-order valence-corrected chi connectivity index (χ4v) is 3.23. The number of hydrogen-bond acceptors (Lipinski definition) is 9. The summed E-state index contributed by atoms with van der Waals surface area (Å²) < 4.78 is 8.52. The highest BCUT2D eigenvalue weighted by atomic mass is 16.6. The SMILES string of the molecule is Cc1c(-c2ncccn2)c(C(=O)O)nn1C.Cc1c(-c2ncccn2)c(C(=O)OC(C)(C)C)nn1C. The average molecular weight is 493 g/mol. The molecule has 0 bridgehead atoms. The molecule has 188 valence electrons. The Morgan fingerprint density at radius 2 is 1.17 bits per heavy atom. The lowest BCUT2D eigenvalue weighted by atomic mass is 10.1. The number of aryl methyl sites for hydroxylation is 2. The Balaban J connectivity index is 0.000000205. The van der Waals surface area contributed by atoms with Crippen LogP contribution in [-0.4, -0.2) is 62.1 Å². The zero-order valence-corrected chi connectivity index (χ0v) is 21.2. The lowest BCUT2D eigenvalue weighted by Crippen LogP contribution is -2.24. The van der Waals surface area contributed by atoms with Crippen molar-refractivity contribution in [3.8, 4) is 22.8 Å². The number of carboxylic acid groups (broad SMARTS) is 1. The van der Waals surface area contributed by atoms with Gasteiger partial charge in [0.05, 0.1) is 11.1 Å². The van der Waals surface area contributed by atoms with E-state index in [1.165, 1.54) is 4.68 Å². The molecule has 4 aromatic rings. The van der Waals surface area contributed by atoms with Gasteiger partial charge in [-0.3, -0.25) is 9.36 Å². The van der Waals surface area contributed by atoms with Gasteiger partial charge in [0, 0.05) is 50.3 Å². The van der Waals surface area contributed by atoms with Gasteiger partial charge in [-0.1, -0.05) is 0 Å². The Morgan fingerprint density at radius 3 is 1.56 bits per heavy atom. The van der Waals surface area contributed by atoms with Crippen LogP contribution in [0.5, 0.6) is 0 Å². The first-order valence-corrected chi connectivity index (χ1v) is 11.0. The second-order valence-electron chi connectivity index (χ2n) is 8.82. The van der Waals surface area contributed by atoms with Gasteiger partial charge in [0.2, 0.25) is 0 Å². The summed E-state index contributed by atoms with van der Waals surface area (Å²) in [5.41, 5.74) is 2.27. The second kappa shape index (κ2) is 10.4. The lowest BCUT2D eigenvalue weighted by molar-refractivity contribution is 0.00626. The smallest absolute Gasteiger partial charge is 0.360 e. The van der Waals surface area contributed by atoms with E-state index in [2.05, 4.69) is 30.1 Å². The minimum absolute atomic E-state index is 0.0220. The van der Waals surface area contributed by atoms with Crippen molar-refractivity contribution >= 4 is 11.9 Å². The van der Waals surface area contributed by atoms with Crippen LogP contribution < -0.4 is 0 Å². The molecule has 4 rings (SSSR count). The molecule has 0 aliphatic rings. The van der Waals surface area contributed by atoms with E-state index in [4.69, 9.17) is 9.84 Å². The molecule has 4 heterocycles. The van der Waals surface area contributed by atoms with Crippen molar-refractivity contribution in [2.45, 2.75) is 40.2 Å². The van der Waals surface area contributed by atoms with Gasteiger partial charge in [-0.15, -0.1) is 0 Å². The van der Waals surface area contributed by atoms with E-state index in [9.17, 15) is 9.59 Å². The van der Waals surface area contributed by atoms with Crippen LogP contribution in [0.15, 0.2) is 36.9 Å². The number of esters is 1. The molecule has 0 saturated heterocycles. The maximum Gasteiger partial charge on any atom is 0.360 e. The highest BCUT2D eigenvalue weighted by Gasteiger charge is 2.27. The molecule has 12 nitrogen and oxygen atoms in total. The Bertz CT molecular complexity index is 1370. The van der Waals surface area contributed by atoms with Crippen molar-refractivity contribution in [2.75, 3.05) is 0 Å². The monoisotopic (exact) mass is 492 g/mol. The first-order chi connectivity index (χ1) is 16.9. The maximum absolute atomic E-state index is 12.3. The fourth-order valence-electron chi connectivity index (χ4n) is 3.23. The normalized spacial score (nSPS) is 11.0. The van der Waals surface area contributed by atoms with Crippen molar-refractivity contribution in [2.24, 2.45) is 14.1 Å². The minimum Gasteiger partial charge on any atom is -0.476 e. The quantitative estimate of drug-likeness (QED) is 0.421. The molecular formula is C24H28N8O4. The largest absolute Gasteiger partial charge is 0.476 e. The molecule has 4 aromatic heterocycles. The topological polar surface area (TPSA) is 151 Å². The summed E-state index contributed by atoms with van der Waals surface area (Å²) in [7, 11) is 3.46. The average Bonchev–Trinajstić information content (AvgIpc) is 3.30. The molecule has 0 spiro atoms. The molecule has 0 radical (unpaired) electrons. The third-order valence-corrected chi connectivity index (χ3v) is 5.04. The van der Waals surface area contributed by atoms with Crippen molar-refractivity contribution in [1.82, 2.24) is 39.5 Å². The van der Waals surface area contributed by atoms with E-state index in [0.29, 0.717) is 22.8 Å². The van der Waals surface area contributed by atoms with E-state index >= 15 is 0 Å². The summed E-state index contributed by atoms with van der Waals surface area (Å²) in [6, 6.07) is 3.40. The van der Waals surface area contributed by atoms with Crippen LogP contribution in [0.25, 0.3) is 22.8 Å². The van der Waals surface area contributed by atoms with Gasteiger partial charge in [-0.05, 0) is 46.8 Å². The van der Waals surface area contributed by atoms with Gasteiger partial charge in [-0.2, -0.15) is 10.2 Å². The molecule has 0 aliphatic carbocycles. The first kappa shape index (κ1) is 26.1. The third-order valence-electron chi connectivity index (χ3n) is 5.04. The number of carbonyl (C=O) groups is 2. The lowest BCUT2D eigenvalue weighted by Gasteiger charge is -2.18. The molecule has 12 heteroatoms. The van der Waals surface area contributed by atoms with Crippen molar-refractivity contribution in [3.63, 3.8) is 0 Å². The summed E-state index contributed by atoms with van der Waals surface area (Å²) in [6.07, 6.45) is 6.40. The Kier molecular flexibility index (Phi) is 7.56. The summed E-state index contributed by atoms with van der Waals surface area (Å²) >= 11 is 0. The molecular weight excluding hydrogens is 464 g/mol. The predicted molar refractivity (Wildman–Crippen MR) is 130 cm³/mol. The van der Waals surface area contributed by atoms with E-state index in [0.717, 1.165) is 11.4 Å². The summed E-state index contributed by atoms with van der Waals surface area (Å²) in [6.45, 7) is 9.11. The zero-order chi connectivity index (χ0) is 26.6. The van der Waals surface area contributed by atoms with Gasteiger partial charge in [0.1, 0.15) is 5.60 Å². The van der Waals surface area contributed by atoms with Crippen molar-refractivity contribution in [1.29, 1.82) is 0 Å². The number of rotatable bonds is 4. The van der Waals surface area contributed by atoms with Gasteiger partial charge in [-0.25, -0.2) is 29.5 Å². The van der Waals surface area contributed by atoms with E-state index < -0.39 is 17.5 Å². The van der Waals surface area contributed by atoms with Crippen molar-refractivity contribution < 1.29 is 19.4 Å². The summed E-state index contributed by atoms with van der Waals surface area (Å²) in [5, 5.41) is 17.2. The van der Waals surface area contributed by atoms with Crippen molar-refractivity contribution in [3.05, 3.63) is 59.7 Å². The van der Waals surface area contributed by atoms with Gasteiger partial charge >= 0.3 is 11.9 Å². The number of hydrogen-bond donors (Lipinski definition) is 1. The van der Waals surface area contributed by atoms with Gasteiger partial charge < -0.3 is 9.84 Å². The minimum atomic E-state index is -1.08. The molecule has 0 amide bonds. The maximum atomic E-state index is 12.3. The summed E-state index contributed by atoms with van der Waals surface area (Å²) in [5.74, 6) is -0.695. The highest BCUT2D eigenvalue weighted by molar-refractivity contribution is 5.95. The highest BCUT2D eigenvalue weighted by Crippen LogP contribution is 2.25. The molecule has 0 aliphatic heterocycles. The first-order valence-electron chi connectivity index (χ1n) is 11.0. The molecule has 36 heavy (non-hydrogen) atoms. The van der Waals surface area contributed by atoms with Crippen LogP contribution in [-0.2, 0) is 18.8 Å². The molecule has 0 saturated carbocycles. The fraction of sp³-hybridized carbons (Fsp3) is 0.333. The van der Waals surface area contributed by atoms with E-state index in [-0.39, 0.29) is 11.4 Å².